The Bertz CT molecular complexity index is 840. The molecule has 3 rings (SSSR count). The molecule has 1 saturated heterocycles. The number of carbonyl (C=O) groups excluding carboxylic acids is 1. The molecule has 1 unspecified atom stereocenters. The highest BCUT2D eigenvalue weighted by atomic mass is 19.4. The Morgan fingerprint density at radius 1 is 1.09 bits per heavy atom. The number of nitrogens with zero attached hydrogens (tertiary/aromatic N) is 2. The number of ether oxygens (including phenoxy) is 2. The normalized spacial score (nSPS) is 23.1. The molecule has 1 aliphatic heterocycles. The standard InChI is InChI=1S/C26H39F3N2O4/c1-18-21(32)6-5-7-22(18)34-20-11-8-19(9-12-20)10-13-23(26(27,28)29)30-14-16-31(17-15-30)24(33)35-25(2,3)4/h5-7,19-20,23,32H,8-17H2,1-4H3. The number of benzene rings is 1. The fraction of sp³-hybridized carbons (Fsp3) is 0.731. The average Bonchev–Trinajstić information content (AvgIpc) is 2.76. The van der Waals surface area contributed by atoms with Gasteiger partial charge in [-0.15, -0.1) is 0 Å². The molecule has 0 bridgehead atoms. The van der Waals surface area contributed by atoms with Crippen LogP contribution >= 0.6 is 0 Å². The summed E-state index contributed by atoms with van der Waals surface area (Å²) in [5, 5.41) is 9.85. The number of piperazine rings is 1. The van der Waals surface area contributed by atoms with Crippen LogP contribution in [0.25, 0.3) is 0 Å². The van der Waals surface area contributed by atoms with Gasteiger partial charge in [-0.1, -0.05) is 6.07 Å². The maximum absolute atomic E-state index is 13.9. The molecule has 0 aromatic heterocycles. The molecule has 0 radical (unpaired) electrons. The molecule has 1 aromatic carbocycles. The third-order valence-corrected chi connectivity index (χ3v) is 6.98. The summed E-state index contributed by atoms with van der Waals surface area (Å²) < 4.78 is 53.2. The number of carbonyl (C=O) groups is 1. The van der Waals surface area contributed by atoms with Crippen LogP contribution in [0.1, 0.15) is 64.9 Å². The maximum atomic E-state index is 13.9. The van der Waals surface area contributed by atoms with E-state index in [0.717, 1.165) is 25.7 Å². The maximum Gasteiger partial charge on any atom is 0.410 e. The lowest BCUT2D eigenvalue weighted by Crippen LogP contribution is -2.56. The first-order valence-electron chi connectivity index (χ1n) is 12.6. The Hall–Kier alpha value is -2.16. The van der Waals surface area contributed by atoms with E-state index in [9.17, 15) is 23.1 Å². The van der Waals surface area contributed by atoms with Gasteiger partial charge in [0.25, 0.3) is 0 Å². The summed E-state index contributed by atoms with van der Waals surface area (Å²) in [5.74, 6) is 1.10. The largest absolute Gasteiger partial charge is 0.508 e. The van der Waals surface area contributed by atoms with Crippen LogP contribution in [0.15, 0.2) is 18.2 Å². The molecule has 1 atom stereocenters. The van der Waals surface area contributed by atoms with Gasteiger partial charge in [-0.2, -0.15) is 13.2 Å². The minimum Gasteiger partial charge on any atom is -0.508 e. The molecule has 6 nitrogen and oxygen atoms in total. The number of halogens is 3. The second-order valence-corrected chi connectivity index (χ2v) is 10.8. The minimum atomic E-state index is -4.30. The van der Waals surface area contributed by atoms with E-state index in [0.29, 0.717) is 17.7 Å². The van der Waals surface area contributed by atoms with Crippen molar-refractivity contribution in [2.75, 3.05) is 26.2 Å². The van der Waals surface area contributed by atoms with Crippen molar-refractivity contribution in [2.45, 2.75) is 90.1 Å². The molecule has 1 saturated carbocycles. The Morgan fingerprint density at radius 3 is 2.29 bits per heavy atom. The second-order valence-electron chi connectivity index (χ2n) is 10.8. The summed E-state index contributed by atoms with van der Waals surface area (Å²) in [6.45, 7) is 7.97. The number of amides is 1. The van der Waals surface area contributed by atoms with E-state index in [2.05, 4.69) is 0 Å². The first kappa shape index (κ1) is 27.4. The zero-order valence-corrected chi connectivity index (χ0v) is 21.2. The number of phenolic OH excluding ortho intramolecular Hbond substituents is 1. The molecule has 198 valence electrons. The van der Waals surface area contributed by atoms with Crippen LogP contribution in [-0.4, -0.2) is 71.1 Å². The van der Waals surface area contributed by atoms with Gasteiger partial charge in [-0.05, 0) is 84.3 Å². The van der Waals surface area contributed by atoms with Crippen LogP contribution < -0.4 is 4.74 Å². The third kappa shape index (κ3) is 7.92. The predicted molar refractivity (Wildman–Crippen MR) is 128 cm³/mol. The zero-order chi connectivity index (χ0) is 25.8. The minimum absolute atomic E-state index is 0.0195. The quantitative estimate of drug-likeness (QED) is 0.527. The summed E-state index contributed by atoms with van der Waals surface area (Å²) in [4.78, 5) is 15.2. The molecule has 2 aliphatic rings. The fourth-order valence-corrected chi connectivity index (χ4v) is 4.94. The van der Waals surface area contributed by atoms with Crippen molar-refractivity contribution in [3.05, 3.63) is 23.8 Å². The first-order chi connectivity index (χ1) is 16.3. The smallest absolute Gasteiger partial charge is 0.410 e. The molecule has 1 heterocycles. The Balaban J connectivity index is 1.46. The zero-order valence-electron chi connectivity index (χ0n) is 21.2. The van der Waals surface area contributed by atoms with Crippen LogP contribution in [0.4, 0.5) is 18.0 Å². The summed E-state index contributed by atoms with van der Waals surface area (Å²) >= 11 is 0. The average molecular weight is 501 g/mol. The summed E-state index contributed by atoms with van der Waals surface area (Å²) in [5.41, 5.74) is 0.0727. The van der Waals surface area contributed by atoms with E-state index in [4.69, 9.17) is 9.47 Å². The molecule has 2 fully saturated rings. The summed E-state index contributed by atoms with van der Waals surface area (Å²) in [7, 11) is 0. The number of hydrogen-bond acceptors (Lipinski definition) is 5. The monoisotopic (exact) mass is 500 g/mol. The van der Waals surface area contributed by atoms with Gasteiger partial charge in [-0.25, -0.2) is 4.79 Å². The van der Waals surface area contributed by atoms with Crippen LogP contribution in [-0.2, 0) is 4.74 Å². The SMILES string of the molecule is Cc1c(O)cccc1OC1CCC(CCC(N2CCN(C(=O)OC(C)(C)C)CC2)C(F)(F)F)CC1. The second kappa shape index (κ2) is 11.3. The van der Waals surface area contributed by atoms with Gasteiger partial charge in [-0.3, -0.25) is 4.90 Å². The van der Waals surface area contributed by atoms with Crippen molar-refractivity contribution < 1.29 is 32.5 Å². The van der Waals surface area contributed by atoms with E-state index in [-0.39, 0.29) is 50.4 Å². The first-order valence-corrected chi connectivity index (χ1v) is 12.6. The number of phenols is 1. The van der Waals surface area contributed by atoms with E-state index in [1.165, 1.54) is 9.80 Å². The van der Waals surface area contributed by atoms with E-state index >= 15 is 0 Å². The predicted octanol–water partition coefficient (Wildman–Crippen LogP) is 5.90. The van der Waals surface area contributed by atoms with Crippen molar-refractivity contribution in [2.24, 2.45) is 5.92 Å². The topological polar surface area (TPSA) is 62.2 Å². The number of hydrogen-bond donors (Lipinski definition) is 1. The molecule has 1 aliphatic carbocycles. The van der Waals surface area contributed by atoms with Crippen LogP contribution in [0.3, 0.4) is 0 Å². The van der Waals surface area contributed by atoms with Crippen molar-refractivity contribution in [3.8, 4) is 11.5 Å². The van der Waals surface area contributed by atoms with Crippen molar-refractivity contribution >= 4 is 6.09 Å². The molecule has 9 heteroatoms. The van der Waals surface area contributed by atoms with Gasteiger partial charge in [0, 0.05) is 31.7 Å². The van der Waals surface area contributed by atoms with Crippen LogP contribution in [0, 0.1) is 12.8 Å². The highest BCUT2D eigenvalue weighted by molar-refractivity contribution is 5.68. The van der Waals surface area contributed by atoms with Gasteiger partial charge in [0.1, 0.15) is 23.1 Å². The molecule has 1 aromatic rings. The van der Waals surface area contributed by atoms with E-state index in [1.54, 1.807) is 39.8 Å². The molecule has 0 spiro atoms. The number of aromatic hydroxyl groups is 1. The molecule has 1 amide bonds. The lowest BCUT2D eigenvalue weighted by molar-refractivity contribution is -0.190. The van der Waals surface area contributed by atoms with Crippen molar-refractivity contribution in [1.29, 1.82) is 0 Å². The van der Waals surface area contributed by atoms with Gasteiger partial charge in [0.2, 0.25) is 0 Å². The Morgan fingerprint density at radius 2 is 1.71 bits per heavy atom. The number of alkyl halides is 3. The van der Waals surface area contributed by atoms with Gasteiger partial charge in [0.15, 0.2) is 0 Å². The van der Waals surface area contributed by atoms with Crippen LogP contribution in [0.5, 0.6) is 11.5 Å². The highest BCUT2D eigenvalue weighted by Crippen LogP contribution is 2.36. The molecule has 35 heavy (non-hydrogen) atoms. The molecular weight excluding hydrogens is 461 g/mol. The lowest BCUT2D eigenvalue weighted by atomic mass is 9.83. The third-order valence-electron chi connectivity index (χ3n) is 6.98. The van der Waals surface area contributed by atoms with Gasteiger partial charge >= 0.3 is 12.3 Å². The van der Waals surface area contributed by atoms with E-state index in [1.807, 2.05) is 6.07 Å². The summed E-state index contributed by atoms with van der Waals surface area (Å²) in [6.07, 6.45) is -0.908. The van der Waals surface area contributed by atoms with Crippen molar-refractivity contribution in [3.63, 3.8) is 0 Å². The molecule has 1 N–H and O–H groups in total. The van der Waals surface area contributed by atoms with Crippen LogP contribution in [0.2, 0.25) is 0 Å². The lowest BCUT2D eigenvalue weighted by Gasteiger charge is -2.40. The highest BCUT2D eigenvalue weighted by Gasteiger charge is 2.44. The van der Waals surface area contributed by atoms with E-state index < -0.39 is 23.9 Å². The van der Waals surface area contributed by atoms with Crippen molar-refractivity contribution in [1.82, 2.24) is 9.80 Å². The Labute approximate surface area is 206 Å². The van der Waals surface area contributed by atoms with Gasteiger partial charge in [0.05, 0.1) is 6.10 Å². The Kier molecular flexibility index (Phi) is 8.83. The fourth-order valence-electron chi connectivity index (χ4n) is 4.94. The summed E-state index contributed by atoms with van der Waals surface area (Å²) in [6, 6.07) is 3.70. The van der Waals surface area contributed by atoms with Gasteiger partial charge < -0.3 is 19.5 Å². The molecular formula is C26H39F3N2O4. The number of rotatable bonds is 6.